The van der Waals surface area contributed by atoms with Gasteiger partial charge in [0, 0.05) is 6.54 Å². The number of hydrogen-bond donors (Lipinski definition) is 2. The van der Waals surface area contributed by atoms with Crippen molar-refractivity contribution in [3.63, 3.8) is 0 Å². The molecule has 1 aromatic carbocycles. The van der Waals surface area contributed by atoms with E-state index in [-0.39, 0.29) is 6.42 Å². The van der Waals surface area contributed by atoms with Crippen molar-refractivity contribution < 1.29 is 23.1 Å². The summed E-state index contributed by atoms with van der Waals surface area (Å²) >= 11 is 0. The van der Waals surface area contributed by atoms with E-state index in [4.69, 9.17) is 0 Å². The molecule has 2 N–H and O–H groups in total. The Morgan fingerprint density at radius 1 is 1.32 bits per heavy atom. The number of benzene rings is 1. The van der Waals surface area contributed by atoms with Gasteiger partial charge in [0.25, 0.3) is 0 Å². The van der Waals surface area contributed by atoms with E-state index in [1.54, 1.807) is 0 Å². The Bertz CT molecular complexity index is 462. The smallest absolute Gasteiger partial charge is 0.416 e. The lowest BCUT2D eigenvalue weighted by molar-refractivity contribution is -0.147. The van der Waals surface area contributed by atoms with Crippen LogP contribution >= 0.6 is 0 Å². The highest BCUT2D eigenvalue weighted by atomic mass is 19.4. The number of nitrogens with one attached hydrogen (secondary N) is 1. The van der Waals surface area contributed by atoms with Gasteiger partial charge in [-0.25, -0.2) is 0 Å². The summed E-state index contributed by atoms with van der Waals surface area (Å²) in [6.45, 7) is 0.969. The molecule has 104 valence electrons. The van der Waals surface area contributed by atoms with Crippen molar-refractivity contribution in [3.8, 4) is 0 Å². The fraction of sp³-hybridized carbons (Fsp3) is 0.462. The molecule has 1 aromatic rings. The van der Waals surface area contributed by atoms with Crippen molar-refractivity contribution in [2.24, 2.45) is 5.41 Å². The maximum absolute atomic E-state index is 12.4. The van der Waals surface area contributed by atoms with E-state index in [0.717, 1.165) is 12.1 Å². The van der Waals surface area contributed by atoms with Crippen molar-refractivity contribution in [2.75, 3.05) is 13.1 Å². The third-order valence-corrected chi connectivity index (χ3v) is 3.52. The molecule has 2 rings (SSSR count). The minimum atomic E-state index is -4.36. The summed E-state index contributed by atoms with van der Waals surface area (Å²) in [6.07, 6.45) is -3.63. The van der Waals surface area contributed by atoms with Crippen LogP contribution in [0.1, 0.15) is 17.5 Å². The summed E-state index contributed by atoms with van der Waals surface area (Å²) in [5.41, 5.74) is -1.01. The van der Waals surface area contributed by atoms with Gasteiger partial charge in [-0.3, -0.25) is 4.79 Å². The van der Waals surface area contributed by atoms with Crippen LogP contribution in [0.2, 0.25) is 0 Å². The van der Waals surface area contributed by atoms with Gasteiger partial charge >= 0.3 is 12.1 Å². The van der Waals surface area contributed by atoms with Gasteiger partial charge < -0.3 is 10.4 Å². The van der Waals surface area contributed by atoms with Crippen LogP contribution in [0.3, 0.4) is 0 Å². The fourth-order valence-corrected chi connectivity index (χ4v) is 2.36. The van der Waals surface area contributed by atoms with Crippen molar-refractivity contribution in [3.05, 3.63) is 35.4 Å². The molecule has 1 heterocycles. The zero-order valence-electron chi connectivity index (χ0n) is 10.1. The van der Waals surface area contributed by atoms with Gasteiger partial charge in [0.2, 0.25) is 0 Å². The van der Waals surface area contributed by atoms with E-state index >= 15 is 0 Å². The Morgan fingerprint density at radius 3 is 2.37 bits per heavy atom. The minimum Gasteiger partial charge on any atom is -0.481 e. The van der Waals surface area contributed by atoms with Gasteiger partial charge in [0.05, 0.1) is 11.0 Å². The summed E-state index contributed by atoms with van der Waals surface area (Å²) in [6, 6.07) is 4.69. The topological polar surface area (TPSA) is 49.3 Å². The standard InChI is InChI=1S/C13H14F3NO2/c14-13(15,16)10-3-1-9(2-4-10)7-12(11(18)19)5-6-17-8-12/h1-4,17H,5-8H2,(H,18,19). The van der Waals surface area contributed by atoms with Gasteiger partial charge in [-0.15, -0.1) is 0 Å². The van der Waals surface area contributed by atoms with Crippen LogP contribution in [0, 0.1) is 5.41 Å². The summed E-state index contributed by atoms with van der Waals surface area (Å²) < 4.78 is 37.3. The molecule has 6 heteroatoms. The molecule has 1 unspecified atom stereocenters. The first-order chi connectivity index (χ1) is 8.83. The number of carbonyl (C=O) groups is 1. The van der Waals surface area contributed by atoms with Gasteiger partial charge in [0.15, 0.2) is 0 Å². The molecule has 19 heavy (non-hydrogen) atoms. The molecule has 1 aliphatic heterocycles. The van der Waals surface area contributed by atoms with Crippen LogP contribution in [0.4, 0.5) is 13.2 Å². The van der Waals surface area contributed by atoms with E-state index in [2.05, 4.69) is 5.32 Å². The monoisotopic (exact) mass is 273 g/mol. The molecule has 3 nitrogen and oxygen atoms in total. The van der Waals surface area contributed by atoms with Crippen LogP contribution < -0.4 is 5.32 Å². The quantitative estimate of drug-likeness (QED) is 0.888. The Balaban J connectivity index is 2.17. The average Bonchev–Trinajstić information content (AvgIpc) is 2.78. The number of aliphatic carboxylic acids is 1. The van der Waals surface area contributed by atoms with E-state index in [9.17, 15) is 23.1 Å². The molecule has 0 radical (unpaired) electrons. The number of alkyl halides is 3. The van der Waals surface area contributed by atoms with Crippen molar-refractivity contribution in [1.82, 2.24) is 5.32 Å². The van der Waals surface area contributed by atoms with Crippen LogP contribution in [-0.4, -0.2) is 24.2 Å². The highest BCUT2D eigenvalue weighted by molar-refractivity contribution is 5.76. The second-order valence-electron chi connectivity index (χ2n) is 4.88. The Morgan fingerprint density at radius 2 is 1.95 bits per heavy atom. The first kappa shape index (κ1) is 13.9. The van der Waals surface area contributed by atoms with Crippen molar-refractivity contribution >= 4 is 5.97 Å². The maximum Gasteiger partial charge on any atom is 0.416 e. The van der Waals surface area contributed by atoms with Crippen molar-refractivity contribution in [2.45, 2.75) is 19.0 Å². The number of carboxylic acids is 1. The zero-order chi connectivity index (χ0) is 14.1. The Kier molecular flexibility index (Phi) is 3.54. The number of halogens is 3. The second kappa shape index (κ2) is 4.85. The van der Waals surface area contributed by atoms with Gasteiger partial charge in [-0.1, -0.05) is 12.1 Å². The van der Waals surface area contributed by atoms with Crippen LogP contribution in [-0.2, 0) is 17.4 Å². The largest absolute Gasteiger partial charge is 0.481 e. The molecule has 1 aliphatic rings. The van der Waals surface area contributed by atoms with Crippen LogP contribution in [0.25, 0.3) is 0 Å². The average molecular weight is 273 g/mol. The summed E-state index contributed by atoms with van der Waals surface area (Å²) in [5.74, 6) is -0.905. The van der Waals surface area contributed by atoms with E-state index in [0.29, 0.717) is 25.1 Å². The lowest BCUT2D eigenvalue weighted by Gasteiger charge is -2.23. The number of rotatable bonds is 3. The van der Waals surface area contributed by atoms with E-state index in [1.807, 2.05) is 0 Å². The SMILES string of the molecule is O=C(O)C1(Cc2ccc(C(F)(F)F)cc2)CCNC1. The van der Waals surface area contributed by atoms with Gasteiger partial charge in [-0.2, -0.15) is 13.2 Å². The first-order valence-corrected chi connectivity index (χ1v) is 5.94. The molecule has 0 saturated carbocycles. The molecular weight excluding hydrogens is 259 g/mol. The number of carboxylic acid groups (broad SMARTS) is 1. The van der Waals surface area contributed by atoms with E-state index in [1.165, 1.54) is 12.1 Å². The Hall–Kier alpha value is -1.56. The second-order valence-corrected chi connectivity index (χ2v) is 4.88. The molecule has 0 aliphatic carbocycles. The van der Waals surface area contributed by atoms with Crippen molar-refractivity contribution in [1.29, 1.82) is 0 Å². The molecule has 1 atom stereocenters. The lowest BCUT2D eigenvalue weighted by Crippen LogP contribution is -2.35. The number of hydrogen-bond acceptors (Lipinski definition) is 2. The molecular formula is C13H14F3NO2. The molecule has 1 saturated heterocycles. The summed E-state index contributed by atoms with van der Waals surface area (Å²) in [5, 5.41) is 12.3. The van der Waals surface area contributed by atoms with Gasteiger partial charge in [-0.05, 0) is 37.1 Å². The molecule has 1 fully saturated rings. The molecule has 0 bridgehead atoms. The third kappa shape index (κ3) is 2.89. The predicted octanol–water partition coefficient (Wildman–Crippen LogP) is 2.31. The third-order valence-electron chi connectivity index (χ3n) is 3.52. The molecule has 0 aromatic heterocycles. The van der Waals surface area contributed by atoms with Crippen LogP contribution in [0.5, 0.6) is 0 Å². The maximum atomic E-state index is 12.4. The summed E-state index contributed by atoms with van der Waals surface area (Å²) in [4.78, 5) is 11.3. The highest BCUT2D eigenvalue weighted by Crippen LogP contribution is 2.33. The van der Waals surface area contributed by atoms with Crippen LogP contribution in [0.15, 0.2) is 24.3 Å². The molecule has 0 amide bonds. The molecule has 0 spiro atoms. The predicted molar refractivity (Wildman–Crippen MR) is 62.7 cm³/mol. The zero-order valence-corrected chi connectivity index (χ0v) is 10.1. The van der Waals surface area contributed by atoms with Gasteiger partial charge in [0.1, 0.15) is 0 Å². The summed E-state index contributed by atoms with van der Waals surface area (Å²) in [7, 11) is 0. The fourth-order valence-electron chi connectivity index (χ4n) is 2.36. The normalized spacial score (nSPS) is 23.5. The van der Waals surface area contributed by atoms with E-state index < -0.39 is 23.1 Å². The Labute approximate surface area is 108 Å². The lowest BCUT2D eigenvalue weighted by atomic mass is 9.81. The highest BCUT2D eigenvalue weighted by Gasteiger charge is 2.41. The first-order valence-electron chi connectivity index (χ1n) is 5.94. The minimum absolute atomic E-state index is 0.244.